The minimum absolute atomic E-state index is 0.152. The van der Waals surface area contributed by atoms with Gasteiger partial charge in [-0.25, -0.2) is 4.79 Å². The maximum Gasteiger partial charge on any atom is 0.410 e. The van der Waals surface area contributed by atoms with Gasteiger partial charge in [-0.2, -0.15) is 0 Å². The van der Waals surface area contributed by atoms with Gasteiger partial charge in [0.15, 0.2) is 0 Å². The number of nitrogens with zero attached hydrogens (tertiary/aromatic N) is 1. The van der Waals surface area contributed by atoms with E-state index < -0.39 is 5.60 Å². The fraction of sp³-hybridized carbons (Fsp3) is 0.941. The summed E-state index contributed by atoms with van der Waals surface area (Å²) in [5, 5.41) is 3.57. The highest BCUT2D eigenvalue weighted by atomic mass is 16.6. The van der Waals surface area contributed by atoms with Gasteiger partial charge in [-0.3, -0.25) is 0 Å². The van der Waals surface area contributed by atoms with Crippen LogP contribution in [0.5, 0.6) is 0 Å². The first kappa shape index (κ1) is 16.6. The molecule has 1 aliphatic heterocycles. The summed E-state index contributed by atoms with van der Waals surface area (Å²) in [5.41, 5.74) is 0.106. The third-order valence-electron chi connectivity index (χ3n) is 4.74. The van der Waals surface area contributed by atoms with E-state index in [1.54, 1.807) is 0 Å². The number of ether oxygens (including phenoxy) is 1. The molecule has 2 atom stereocenters. The Kier molecular flexibility index (Phi) is 4.86. The number of hydrogen-bond donors (Lipinski definition) is 1. The molecular weight excluding hydrogens is 264 g/mol. The highest BCUT2D eigenvalue weighted by Crippen LogP contribution is 2.50. The summed E-state index contributed by atoms with van der Waals surface area (Å²) in [7, 11) is 0. The van der Waals surface area contributed by atoms with Gasteiger partial charge in [0, 0.05) is 19.1 Å². The third-order valence-corrected chi connectivity index (χ3v) is 4.74. The number of carbonyl (C=O) groups excluding carboxylic acids is 1. The van der Waals surface area contributed by atoms with Crippen LogP contribution >= 0.6 is 0 Å². The summed E-state index contributed by atoms with van der Waals surface area (Å²) < 4.78 is 5.54. The molecule has 2 unspecified atom stereocenters. The first-order chi connectivity index (χ1) is 9.69. The van der Waals surface area contributed by atoms with Crippen LogP contribution in [0.15, 0.2) is 0 Å². The second-order valence-electron chi connectivity index (χ2n) is 8.37. The smallest absolute Gasteiger partial charge is 0.410 e. The van der Waals surface area contributed by atoms with E-state index in [2.05, 4.69) is 19.2 Å². The van der Waals surface area contributed by atoms with E-state index in [0.29, 0.717) is 5.41 Å². The van der Waals surface area contributed by atoms with Crippen molar-refractivity contribution in [3.05, 3.63) is 0 Å². The number of nitrogens with one attached hydrogen (secondary N) is 1. The summed E-state index contributed by atoms with van der Waals surface area (Å²) in [6.45, 7) is 13.2. The largest absolute Gasteiger partial charge is 0.444 e. The lowest BCUT2D eigenvalue weighted by atomic mass is 10.0. The molecular formula is C17H32N2O2. The van der Waals surface area contributed by atoms with Gasteiger partial charge in [-0.15, -0.1) is 0 Å². The van der Waals surface area contributed by atoms with Crippen LogP contribution < -0.4 is 5.32 Å². The predicted molar refractivity (Wildman–Crippen MR) is 85.3 cm³/mol. The van der Waals surface area contributed by atoms with Crippen molar-refractivity contribution in [2.45, 2.75) is 71.9 Å². The van der Waals surface area contributed by atoms with Gasteiger partial charge in [0.05, 0.1) is 0 Å². The van der Waals surface area contributed by atoms with Crippen molar-refractivity contribution < 1.29 is 9.53 Å². The fourth-order valence-electron chi connectivity index (χ4n) is 3.12. The SMILES string of the molecule is CC(C)(C)OC(=O)N1CCCCC1CNCC1CC1(C)C. The lowest BCUT2D eigenvalue weighted by Gasteiger charge is -2.37. The Labute approximate surface area is 129 Å². The van der Waals surface area contributed by atoms with Crippen LogP contribution in [0, 0.1) is 11.3 Å². The van der Waals surface area contributed by atoms with Gasteiger partial charge >= 0.3 is 6.09 Å². The zero-order valence-corrected chi connectivity index (χ0v) is 14.4. The average molecular weight is 296 g/mol. The van der Waals surface area contributed by atoms with Gasteiger partial charge in [-0.1, -0.05) is 13.8 Å². The topological polar surface area (TPSA) is 41.6 Å². The minimum atomic E-state index is -0.412. The van der Waals surface area contributed by atoms with Crippen molar-refractivity contribution in [2.24, 2.45) is 11.3 Å². The van der Waals surface area contributed by atoms with Crippen molar-refractivity contribution >= 4 is 6.09 Å². The van der Waals surface area contributed by atoms with Crippen LogP contribution in [0.1, 0.15) is 60.3 Å². The monoisotopic (exact) mass is 296 g/mol. The molecule has 1 heterocycles. The van der Waals surface area contributed by atoms with E-state index in [1.165, 1.54) is 12.8 Å². The molecule has 2 aliphatic rings. The van der Waals surface area contributed by atoms with E-state index in [4.69, 9.17) is 4.74 Å². The van der Waals surface area contributed by atoms with E-state index in [0.717, 1.165) is 38.4 Å². The summed E-state index contributed by atoms with van der Waals surface area (Å²) in [6.07, 6.45) is 4.55. The molecule has 1 aliphatic carbocycles. The molecule has 0 spiro atoms. The molecule has 2 fully saturated rings. The van der Waals surface area contributed by atoms with Gasteiger partial charge in [0.1, 0.15) is 5.60 Å². The Balaban J connectivity index is 1.79. The first-order valence-electron chi connectivity index (χ1n) is 8.39. The number of hydrogen-bond acceptors (Lipinski definition) is 3. The molecule has 0 aromatic heterocycles. The highest BCUT2D eigenvalue weighted by molar-refractivity contribution is 5.68. The van der Waals surface area contributed by atoms with E-state index in [1.807, 2.05) is 25.7 Å². The molecule has 0 aromatic rings. The number of piperidine rings is 1. The molecule has 4 heteroatoms. The Bertz CT molecular complexity index is 373. The summed E-state index contributed by atoms with van der Waals surface area (Å²) in [5.74, 6) is 0.802. The number of carbonyl (C=O) groups is 1. The van der Waals surface area contributed by atoms with Crippen molar-refractivity contribution in [1.29, 1.82) is 0 Å². The highest BCUT2D eigenvalue weighted by Gasteiger charge is 2.44. The predicted octanol–water partition coefficient (Wildman–Crippen LogP) is 3.41. The molecule has 1 saturated carbocycles. The molecule has 1 saturated heterocycles. The summed E-state index contributed by atoms with van der Waals surface area (Å²) >= 11 is 0. The van der Waals surface area contributed by atoms with Crippen LogP contribution in [0.4, 0.5) is 4.79 Å². The Morgan fingerprint density at radius 1 is 1.29 bits per heavy atom. The standard InChI is InChI=1S/C17H32N2O2/c1-16(2,3)21-15(20)19-9-7-6-8-14(19)12-18-11-13-10-17(13,4)5/h13-14,18H,6-12H2,1-5H3. The molecule has 1 amide bonds. The molecule has 2 rings (SSSR count). The minimum Gasteiger partial charge on any atom is -0.444 e. The second kappa shape index (κ2) is 6.15. The van der Waals surface area contributed by atoms with Crippen LogP contribution in [0.25, 0.3) is 0 Å². The molecule has 0 bridgehead atoms. The third kappa shape index (κ3) is 4.87. The fourth-order valence-corrected chi connectivity index (χ4v) is 3.12. The molecule has 4 nitrogen and oxygen atoms in total. The second-order valence-corrected chi connectivity index (χ2v) is 8.37. The summed E-state index contributed by atoms with van der Waals surface area (Å²) in [4.78, 5) is 14.2. The van der Waals surface area contributed by atoms with Crippen molar-refractivity contribution in [3.8, 4) is 0 Å². The molecule has 0 aromatic carbocycles. The van der Waals surface area contributed by atoms with E-state index in [-0.39, 0.29) is 12.1 Å². The molecule has 21 heavy (non-hydrogen) atoms. The van der Waals surface area contributed by atoms with Crippen molar-refractivity contribution in [2.75, 3.05) is 19.6 Å². The quantitative estimate of drug-likeness (QED) is 0.864. The van der Waals surface area contributed by atoms with Gasteiger partial charge < -0.3 is 15.0 Å². The Hall–Kier alpha value is -0.770. The zero-order chi connectivity index (χ0) is 15.7. The maximum absolute atomic E-state index is 12.3. The number of likely N-dealkylation sites (tertiary alicyclic amines) is 1. The lowest BCUT2D eigenvalue weighted by molar-refractivity contribution is 0.00993. The molecule has 1 N–H and O–H groups in total. The van der Waals surface area contributed by atoms with Crippen LogP contribution in [0.3, 0.4) is 0 Å². The Morgan fingerprint density at radius 3 is 2.52 bits per heavy atom. The van der Waals surface area contributed by atoms with Crippen molar-refractivity contribution in [3.63, 3.8) is 0 Å². The first-order valence-corrected chi connectivity index (χ1v) is 8.39. The normalized spacial score (nSPS) is 28.3. The zero-order valence-electron chi connectivity index (χ0n) is 14.4. The summed E-state index contributed by atoms with van der Waals surface area (Å²) in [6, 6.07) is 0.287. The number of amides is 1. The molecule has 122 valence electrons. The van der Waals surface area contributed by atoms with Crippen LogP contribution in [-0.4, -0.2) is 42.3 Å². The number of rotatable bonds is 4. The van der Waals surface area contributed by atoms with Crippen LogP contribution in [0.2, 0.25) is 0 Å². The lowest BCUT2D eigenvalue weighted by Crippen LogP contribution is -2.50. The average Bonchev–Trinajstić information content (AvgIpc) is 2.95. The van der Waals surface area contributed by atoms with E-state index in [9.17, 15) is 4.79 Å². The maximum atomic E-state index is 12.3. The Morgan fingerprint density at radius 2 is 1.95 bits per heavy atom. The molecule has 0 radical (unpaired) electrons. The van der Waals surface area contributed by atoms with Gasteiger partial charge in [0.25, 0.3) is 0 Å². The van der Waals surface area contributed by atoms with Crippen molar-refractivity contribution in [1.82, 2.24) is 10.2 Å². The van der Waals surface area contributed by atoms with E-state index >= 15 is 0 Å². The van der Waals surface area contributed by atoms with Gasteiger partial charge in [0.2, 0.25) is 0 Å². The van der Waals surface area contributed by atoms with Crippen LogP contribution in [-0.2, 0) is 4.74 Å². The van der Waals surface area contributed by atoms with Gasteiger partial charge in [-0.05, 0) is 64.3 Å².